The molecule has 1 aromatic carbocycles. The van der Waals surface area contributed by atoms with E-state index in [1.165, 1.54) is 7.11 Å². The number of hydrogen-bond donors (Lipinski definition) is 1. The largest absolute Gasteiger partial charge is 0.468 e. The Morgan fingerprint density at radius 3 is 2.38 bits per heavy atom. The third kappa shape index (κ3) is 2.06. The van der Waals surface area contributed by atoms with Crippen LogP contribution in [0.2, 0.25) is 0 Å². The number of esters is 1. The number of halogens is 1. The number of carbonyl (C=O) groups is 1. The van der Waals surface area contributed by atoms with E-state index in [0.29, 0.717) is 0 Å². The van der Waals surface area contributed by atoms with E-state index in [1.807, 2.05) is 30.3 Å². The molecule has 4 heteroatoms. The van der Waals surface area contributed by atoms with Gasteiger partial charge in [0.25, 0.3) is 0 Å². The maximum atomic E-state index is 11.4. The van der Waals surface area contributed by atoms with Crippen LogP contribution in [0.15, 0.2) is 30.3 Å². The normalized spacial score (nSPS) is 18.1. The van der Waals surface area contributed by atoms with Gasteiger partial charge in [-0.3, -0.25) is 4.79 Å². The second-order valence-electron chi connectivity index (χ2n) is 4.02. The average molecular weight is 242 g/mol. The highest BCUT2D eigenvalue weighted by Gasteiger charge is 2.52. The second-order valence-corrected chi connectivity index (χ2v) is 4.02. The van der Waals surface area contributed by atoms with E-state index in [2.05, 4.69) is 0 Å². The van der Waals surface area contributed by atoms with Gasteiger partial charge in [0.05, 0.1) is 7.11 Å². The van der Waals surface area contributed by atoms with Crippen molar-refractivity contribution < 1.29 is 9.53 Å². The molecule has 1 unspecified atom stereocenters. The summed E-state index contributed by atoms with van der Waals surface area (Å²) in [5.74, 6) is -0.323. The third-order valence-electron chi connectivity index (χ3n) is 3.19. The Balaban J connectivity index is 0.00000128. The Morgan fingerprint density at radius 1 is 1.38 bits per heavy atom. The van der Waals surface area contributed by atoms with Gasteiger partial charge < -0.3 is 10.5 Å². The van der Waals surface area contributed by atoms with Crippen molar-refractivity contribution in [3.63, 3.8) is 0 Å². The van der Waals surface area contributed by atoms with Gasteiger partial charge in [0.2, 0.25) is 0 Å². The van der Waals surface area contributed by atoms with Crippen molar-refractivity contribution in [3.05, 3.63) is 35.9 Å². The monoisotopic (exact) mass is 241 g/mol. The van der Waals surface area contributed by atoms with Crippen LogP contribution in [0.1, 0.15) is 18.4 Å². The van der Waals surface area contributed by atoms with Crippen molar-refractivity contribution in [1.29, 1.82) is 0 Å². The van der Waals surface area contributed by atoms with Gasteiger partial charge in [-0.1, -0.05) is 30.3 Å². The molecule has 1 aromatic rings. The van der Waals surface area contributed by atoms with E-state index >= 15 is 0 Å². The number of ether oxygens (including phenoxy) is 1. The maximum absolute atomic E-state index is 11.4. The molecule has 0 aromatic heterocycles. The highest BCUT2D eigenvalue weighted by molar-refractivity contribution is 5.85. The van der Waals surface area contributed by atoms with Crippen LogP contribution in [0.5, 0.6) is 0 Å². The molecule has 3 nitrogen and oxygen atoms in total. The lowest BCUT2D eigenvalue weighted by Crippen LogP contribution is -2.42. The van der Waals surface area contributed by atoms with E-state index in [-0.39, 0.29) is 23.8 Å². The topological polar surface area (TPSA) is 52.3 Å². The van der Waals surface area contributed by atoms with Crippen molar-refractivity contribution in [1.82, 2.24) is 0 Å². The molecule has 0 amide bonds. The Bertz CT molecular complexity index is 363. The predicted molar refractivity (Wildman–Crippen MR) is 64.6 cm³/mol. The van der Waals surface area contributed by atoms with Crippen LogP contribution in [0.25, 0.3) is 0 Å². The second kappa shape index (κ2) is 4.85. The molecule has 1 aliphatic rings. The van der Waals surface area contributed by atoms with Gasteiger partial charge in [0.1, 0.15) is 6.04 Å². The number of methoxy groups -OCH3 is 1. The molecule has 1 fully saturated rings. The Hall–Kier alpha value is -1.06. The summed E-state index contributed by atoms with van der Waals surface area (Å²) >= 11 is 0. The zero-order valence-corrected chi connectivity index (χ0v) is 10.00. The molecule has 0 radical (unpaired) electrons. The molecule has 88 valence electrons. The average Bonchev–Trinajstić information content (AvgIpc) is 3.09. The van der Waals surface area contributed by atoms with Gasteiger partial charge in [0.15, 0.2) is 0 Å². The molecule has 0 saturated heterocycles. The van der Waals surface area contributed by atoms with Crippen LogP contribution < -0.4 is 5.73 Å². The summed E-state index contributed by atoms with van der Waals surface area (Å²) in [5.41, 5.74) is 6.89. The molecule has 1 saturated carbocycles. The van der Waals surface area contributed by atoms with Crippen LogP contribution in [0.3, 0.4) is 0 Å². The van der Waals surface area contributed by atoms with Gasteiger partial charge in [-0.05, 0) is 18.4 Å². The Kier molecular flexibility index (Phi) is 3.94. The minimum absolute atomic E-state index is 0. The summed E-state index contributed by atoms with van der Waals surface area (Å²) in [6.07, 6.45) is 1.93. The van der Waals surface area contributed by atoms with Gasteiger partial charge in [-0.25, -0.2) is 0 Å². The number of hydrogen-bond acceptors (Lipinski definition) is 3. The van der Waals surface area contributed by atoms with E-state index in [0.717, 1.165) is 18.4 Å². The first-order chi connectivity index (χ1) is 7.20. The lowest BCUT2D eigenvalue weighted by molar-refractivity contribution is -0.143. The summed E-state index contributed by atoms with van der Waals surface area (Å²) < 4.78 is 4.70. The van der Waals surface area contributed by atoms with Gasteiger partial charge in [-0.15, -0.1) is 12.4 Å². The molecule has 0 bridgehead atoms. The molecular formula is C12H16ClNO2. The van der Waals surface area contributed by atoms with E-state index in [1.54, 1.807) is 0 Å². The molecule has 1 atom stereocenters. The fourth-order valence-electron chi connectivity index (χ4n) is 2.04. The van der Waals surface area contributed by atoms with Crippen molar-refractivity contribution in [2.45, 2.75) is 24.3 Å². The van der Waals surface area contributed by atoms with Crippen LogP contribution in [-0.4, -0.2) is 19.1 Å². The highest BCUT2D eigenvalue weighted by Crippen LogP contribution is 2.50. The van der Waals surface area contributed by atoms with E-state index in [4.69, 9.17) is 10.5 Å². The zero-order chi connectivity index (χ0) is 10.9. The smallest absolute Gasteiger partial charge is 0.323 e. The summed E-state index contributed by atoms with van der Waals surface area (Å²) in [6.45, 7) is 0. The molecule has 0 heterocycles. The number of rotatable bonds is 3. The summed E-state index contributed by atoms with van der Waals surface area (Å²) in [6, 6.07) is 9.41. The molecule has 0 spiro atoms. The van der Waals surface area contributed by atoms with Gasteiger partial charge >= 0.3 is 5.97 Å². The quantitative estimate of drug-likeness (QED) is 0.819. The minimum atomic E-state index is -0.537. The zero-order valence-electron chi connectivity index (χ0n) is 9.18. The van der Waals surface area contributed by atoms with Crippen molar-refractivity contribution >= 4 is 18.4 Å². The predicted octanol–water partition coefficient (Wildman–Crippen LogP) is 1.64. The van der Waals surface area contributed by atoms with E-state index in [9.17, 15) is 4.79 Å². The summed E-state index contributed by atoms with van der Waals surface area (Å²) in [4.78, 5) is 11.4. The molecule has 2 N–H and O–H groups in total. The highest BCUT2D eigenvalue weighted by atomic mass is 35.5. The molecule has 2 rings (SSSR count). The van der Waals surface area contributed by atoms with Gasteiger partial charge in [0, 0.05) is 5.41 Å². The molecule has 0 aliphatic heterocycles. The van der Waals surface area contributed by atoms with Gasteiger partial charge in [-0.2, -0.15) is 0 Å². The first-order valence-electron chi connectivity index (χ1n) is 5.09. The number of nitrogens with two attached hydrogens (primary N) is 1. The van der Waals surface area contributed by atoms with Crippen molar-refractivity contribution in [3.8, 4) is 0 Å². The summed E-state index contributed by atoms with van der Waals surface area (Å²) in [7, 11) is 1.38. The standard InChI is InChI=1S/C12H15NO2.ClH/c1-15-11(14)10(13)12(7-8-12)9-5-3-2-4-6-9;/h2-6,10H,7-8,13H2,1H3;1H. The van der Waals surface area contributed by atoms with Crippen molar-refractivity contribution in [2.75, 3.05) is 7.11 Å². The number of carbonyl (C=O) groups excluding carboxylic acids is 1. The molecule has 16 heavy (non-hydrogen) atoms. The Morgan fingerprint density at radius 2 is 1.94 bits per heavy atom. The summed E-state index contributed by atoms with van der Waals surface area (Å²) in [5, 5.41) is 0. The van der Waals surface area contributed by atoms with Crippen LogP contribution in [0.4, 0.5) is 0 Å². The lowest BCUT2D eigenvalue weighted by Gasteiger charge is -2.21. The fraction of sp³-hybridized carbons (Fsp3) is 0.417. The third-order valence-corrected chi connectivity index (χ3v) is 3.19. The van der Waals surface area contributed by atoms with Crippen LogP contribution >= 0.6 is 12.4 Å². The minimum Gasteiger partial charge on any atom is -0.468 e. The van der Waals surface area contributed by atoms with E-state index < -0.39 is 6.04 Å². The molecule has 1 aliphatic carbocycles. The SMILES string of the molecule is COC(=O)C(N)C1(c2ccccc2)CC1.Cl. The fourth-order valence-corrected chi connectivity index (χ4v) is 2.04. The Labute approximate surface area is 101 Å². The van der Waals surface area contributed by atoms with Crippen molar-refractivity contribution in [2.24, 2.45) is 5.73 Å². The number of benzene rings is 1. The maximum Gasteiger partial charge on any atom is 0.323 e. The van der Waals surface area contributed by atoms with Crippen LogP contribution in [0, 0.1) is 0 Å². The first-order valence-corrected chi connectivity index (χ1v) is 5.09. The molecular weight excluding hydrogens is 226 g/mol. The lowest BCUT2D eigenvalue weighted by atomic mass is 9.88. The van der Waals surface area contributed by atoms with Crippen LogP contribution in [-0.2, 0) is 14.9 Å². The first kappa shape index (κ1) is 13.0.